The van der Waals surface area contributed by atoms with Crippen LogP contribution in [0.3, 0.4) is 0 Å². The Bertz CT molecular complexity index is 5070. The van der Waals surface area contributed by atoms with Crippen molar-refractivity contribution in [1.29, 1.82) is 0 Å². The van der Waals surface area contributed by atoms with E-state index in [1.54, 1.807) is 0 Å². The molecule has 0 fully saturated rings. The van der Waals surface area contributed by atoms with Crippen LogP contribution in [0.1, 0.15) is 22.3 Å². The summed E-state index contributed by atoms with van der Waals surface area (Å²) in [5.41, 5.74) is 17.4. The van der Waals surface area contributed by atoms with Gasteiger partial charge < -0.3 is 9.80 Å². The lowest BCUT2D eigenvalue weighted by atomic mass is 9.81. The highest BCUT2D eigenvalue weighted by Crippen LogP contribution is 2.55. The van der Waals surface area contributed by atoms with Crippen molar-refractivity contribution in [2.24, 2.45) is 0 Å². The van der Waals surface area contributed by atoms with Crippen molar-refractivity contribution in [3.63, 3.8) is 0 Å². The molecule has 17 aromatic rings. The van der Waals surface area contributed by atoms with Crippen molar-refractivity contribution >= 4 is 142 Å². The van der Waals surface area contributed by atoms with Crippen molar-refractivity contribution in [3.05, 3.63) is 289 Å². The molecule has 0 atom stereocenters. The van der Waals surface area contributed by atoms with Crippen molar-refractivity contribution in [2.75, 3.05) is 9.80 Å². The number of fused-ring (bicyclic) bond motifs is 10. The highest BCUT2D eigenvalue weighted by molar-refractivity contribution is 6.38. The van der Waals surface area contributed by atoms with Gasteiger partial charge in [-0.1, -0.05) is 218 Å². The quantitative estimate of drug-likeness (QED) is 0.128. The predicted octanol–water partition coefficient (Wildman–Crippen LogP) is 22.2. The summed E-state index contributed by atoms with van der Waals surface area (Å²) in [6, 6.07) is 102. The van der Waals surface area contributed by atoms with Crippen LogP contribution in [0.4, 0.5) is 34.1 Å². The first-order valence-corrected chi connectivity index (χ1v) is 28.8. The Kier molecular flexibility index (Phi) is 8.93. The Morgan fingerprint density at radius 1 is 0.207 bits per heavy atom. The van der Waals surface area contributed by atoms with Gasteiger partial charge in [-0.25, -0.2) is 0 Å². The van der Waals surface area contributed by atoms with Gasteiger partial charge in [0.15, 0.2) is 0 Å². The van der Waals surface area contributed by atoms with Gasteiger partial charge in [0, 0.05) is 47.0 Å². The molecule has 0 saturated carbocycles. The molecule has 82 heavy (non-hydrogen) atoms. The molecular weight excluding hydrogens is 989 g/mol. The van der Waals surface area contributed by atoms with Gasteiger partial charge in [0.25, 0.3) is 0 Å². The van der Waals surface area contributed by atoms with E-state index in [1.165, 1.54) is 175 Å². The van der Waals surface area contributed by atoms with Gasteiger partial charge in [0.2, 0.25) is 0 Å². The van der Waals surface area contributed by atoms with E-state index in [1.807, 2.05) is 0 Å². The normalized spacial score (nSPS) is 13.2. The highest BCUT2D eigenvalue weighted by atomic mass is 15.2. The summed E-state index contributed by atoms with van der Waals surface area (Å²) in [6.07, 6.45) is 1.79. The predicted molar refractivity (Wildman–Crippen MR) is 350 cm³/mol. The summed E-state index contributed by atoms with van der Waals surface area (Å²) in [7, 11) is 0. The minimum atomic E-state index is 0.895. The molecule has 0 spiro atoms. The molecule has 0 aromatic heterocycles. The van der Waals surface area contributed by atoms with E-state index in [0.717, 1.165) is 24.2 Å². The summed E-state index contributed by atoms with van der Waals surface area (Å²) in [5, 5.41) is 25.6. The van der Waals surface area contributed by atoms with Gasteiger partial charge in [-0.15, -0.1) is 0 Å². The summed E-state index contributed by atoms with van der Waals surface area (Å²) in [4.78, 5) is 5.04. The second-order valence-corrected chi connectivity index (χ2v) is 22.9. The second kappa shape index (κ2) is 16.5. The van der Waals surface area contributed by atoms with Crippen molar-refractivity contribution in [1.82, 2.24) is 0 Å². The molecule has 2 heterocycles. The van der Waals surface area contributed by atoms with E-state index in [2.05, 4.69) is 277 Å². The average molecular weight is 1040 g/mol. The van der Waals surface area contributed by atoms with Crippen molar-refractivity contribution in [2.45, 2.75) is 12.8 Å². The lowest BCUT2D eigenvalue weighted by molar-refractivity contribution is 1.09. The van der Waals surface area contributed by atoms with Gasteiger partial charge in [0.05, 0.1) is 0 Å². The lowest BCUT2D eigenvalue weighted by Gasteiger charge is -2.34. The zero-order valence-corrected chi connectivity index (χ0v) is 44.7. The summed E-state index contributed by atoms with van der Waals surface area (Å²) >= 11 is 0. The molecular formula is C80H48N2. The Morgan fingerprint density at radius 2 is 0.500 bits per heavy atom. The van der Waals surface area contributed by atoms with E-state index in [9.17, 15) is 0 Å². The summed E-state index contributed by atoms with van der Waals surface area (Å²) in [5.74, 6) is 0. The molecule has 0 N–H and O–H groups in total. The first kappa shape index (κ1) is 44.3. The molecule has 0 bridgehead atoms. The van der Waals surface area contributed by atoms with Gasteiger partial charge in [-0.05, 0) is 201 Å². The fourth-order valence-corrected chi connectivity index (χ4v) is 15.5. The van der Waals surface area contributed by atoms with E-state index in [-0.39, 0.29) is 0 Å². The number of hydrogen-bond donors (Lipinski definition) is 0. The maximum atomic E-state index is 2.53. The second-order valence-electron chi connectivity index (χ2n) is 22.9. The third-order valence-corrected chi connectivity index (χ3v) is 18.9. The number of anilines is 6. The van der Waals surface area contributed by atoms with Crippen LogP contribution in [0.25, 0.3) is 130 Å². The van der Waals surface area contributed by atoms with Gasteiger partial charge in [0.1, 0.15) is 0 Å². The molecule has 2 aliphatic rings. The van der Waals surface area contributed by atoms with Crippen LogP contribution in [-0.4, -0.2) is 0 Å². The Labute approximate surface area is 473 Å². The van der Waals surface area contributed by atoms with Crippen LogP contribution in [0.15, 0.2) is 267 Å². The molecule has 0 radical (unpaired) electrons. The third kappa shape index (κ3) is 5.97. The molecule has 19 rings (SSSR count). The first-order chi connectivity index (χ1) is 40.7. The van der Waals surface area contributed by atoms with E-state index < -0.39 is 0 Å². The summed E-state index contributed by atoms with van der Waals surface area (Å²) < 4.78 is 0. The van der Waals surface area contributed by atoms with Crippen molar-refractivity contribution < 1.29 is 0 Å². The topological polar surface area (TPSA) is 6.48 Å². The van der Waals surface area contributed by atoms with Gasteiger partial charge in [-0.2, -0.15) is 0 Å². The maximum Gasteiger partial charge on any atom is 0.0497 e. The number of nitrogens with zero attached hydrogens (tertiary/aromatic N) is 2. The van der Waals surface area contributed by atoms with Crippen LogP contribution in [0.2, 0.25) is 0 Å². The fraction of sp³-hybridized carbons (Fsp3) is 0.0250. The molecule has 17 aromatic carbocycles. The molecule has 0 aliphatic carbocycles. The summed E-state index contributed by atoms with van der Waals surface area (Å²) in [6.45, 7) is 0. The lowest BCUT2D eigenvalue weighted by Crippen LogP contribution is -2.18. The largest absolute Gasteiger partial charge is 0.310 e. The third-order valence-electron chi connectivity index (χ3n) is 18.9. The SMILES string of the molecule is c1ccc2c(c1)Cc1ccccc1N2c1ccc2c(-c3ccc4c5cccc6cccc(c7cccc3c74)c65)c3cc(N4c5ccccc5Cc5ccccc54)ccc3c(-c3ccc4c5cccc6cccc(c7cccc3c74)c65)c2c1. The Morgan fingerprint density at radius 3 is 0.866 bits per heavy atom. The minimum Gasteiger partial charge on any atom is -0.310 e. The van der Waals surface area contributed by atoms with Gasteiger partial charge >= 0.3 is 0 Å². The zero-order valence-electron chi connectivity index (χ0n) is 44.7. The van der Waals surface area contributed by atoms with E-state index in [0.29, 0.717) is 0 Å². The van der Waals surface area contributed by atoms with Crippen molar-refractivity contribution in [3.8, 4) is 22.3 Å². The molecule has 2 aliphatic heterocycles. The van der Waals surface area contributed by atoms with E-state index in [4.69, 9.17) is 0 Å². The number of rotatable bonds is 4. The molecule has 378 valence electrons. The molecule has 0 amide bonds. The smallest absolute Gasteiger partial charge is 0.0497 e. The van der Waals surface area contributed by atoms with Crippen LogP contribution < -0.4 is 9.80 Å². The Hall–Kier alpha value is -10.5. The number of benzene rings is 17. The molecule has 0 unspecified atom stereocenters. The maximum absolute atomic E-state index is 2.53. The zero-order chi connectivity index (χ0) is 53.3. The van der Waals surface area contributed by atoms with Gasteiger partial charge in [-0.3, -0.25) is 0 Å². The monoisotopic (exact) mass is 1040 g/mol. The first-order valence-electron chi connectivity index (χ1n) is 28.8. The van der Waals surface area contributed by atoms with Crippen LogP contribution in [0, 0.1) is 0 Å². The number of para-hydroxylation sites is 4. The van der Waals surface area contributed by atoms with Crippen LogP contribution in [-0.2, 0) is 12.8 Å². The minimum absolute atomic E-state index is 0.895. The van der Waals surface area contributed by atoms with Crippen LogP contribution in [0.5, 0.6) is 0 Å². The molecule has 2 nitrogen and oxygen atoms in total. The molecule has 0 saturated heterocycles. The standard InChI is InChI=1S/C80H48N2/c1-5-31-71-49(15-1)43-50-16-2-6-32-72(50)81(71)53-35-37-67-69(45-53)79(65-41-39-63-57-25-11-21-47-19-9-23-55(75(47)57)59-27-13-29-61(65)77(59)63)68-38-36-54(82-73-33-7-3-17-51(73)44-52-18-4-8-34-74(52)82)46-70(68)80(67)66-42-40-64-58-26-12-22-48-20-10-24-56(76(48)58)60-28-14-30-62(66)78(60)64/h1-42,45-46H,43-44H2. The average Bonchev–Trinajstić information content (AvgIpc) is 3.48. The van der Waals surface area contributed by atoms with Crippen LogP contribution >= 0.6 is 0 Å². The fourth-order valence-electron chi connectivity index (χ4n) is 15.5. The Balaban J connectivity index is 0.991. The highest BCUT2D eigenvalue weighted by Gasteiger charge is 2.30. The molecule has 2 heteroatoms. The number of hydrogen-bond acceptors (Lipinski definition) is 2. The van der Waals surface area contributed by atoms with E-state index >= 15 is 0 Å².